The molecule has 0 amide bonds. The van der Waals surface area contributed by atoms with Crippen LogP contribution in [-0.2, 0) is 14.9 Å². The molecule has 7 nitrogen and oxygen atoms in total. The lowest BCUT2D eigenvalue weighted by Crippen LogP contribution is -2.40. The summed E-state index contributed by atoms with van der Waals surface area (Å²) in [6.07, 6.45) is 4.70. The fourth-order valence-corrected chi connectivity index (χ4v) is 4.13. The highest BCUT2D eigenvalue weighted by Gasteiger charge is 2.47. The second-order valence-corrected chi connectivity index (χ2v) is 7.44. The Labute approximate surface area is 157 Å². The van der Waals surface area contributed by atoms with Crippen LogP contribution in [-0.4, -0.2) is 46.0 Å². The Hall–Kier alpha value is -2.96. The number of hydrogen-bond donors (Lipinski definition) is 0. The van der Waals surface area contributed by atoms with Gasteiger partial charge >= 0.3 is 5.97 Å². The minimum absolute atomic E-state index is 0.190. The Kier molecular flexibility index (Phi) is 3.63. The van der Waals surface area contributed by atoms with Crippen LogP contribution >= 0.6 is 0 Å². The number of fused-ring (bicyclic) bond motifs is 1. The smallest absolute Gasteiger partial charge is 0.318 e. The zero-order valence-corrected chi connectivity index (χ0v) is 15.2. The normalized spacial score (nSPS) is 22.3. The van der Waals surface area contributed by atoms with Gasteiger partial charge in [0, 0.05) is 19.0 Å². The van der Waals surface area contributed by atoms with Crippen molar-refractivity contribution in [3.8, 4) is 0 Å². The van der Waals surface area contributed by atoms with Gasteiger partial charge in [-0.3, -0.25) is 4.79 Å². The summed E-state index contributed by atoms with van der Waals surface area (Å²) in [5.41, 5.74) is 3.12. The maximum atomic E-state index is 12.8. The number of esters is 1. The van der Waals surface area contributed by atoms with Gasteiger partial charge in [-0.15, -0.1) is 10.2 Å². The number of ether oxygens (including phenoxy) is 1. The molecular weight excluding hydrogens is 342 g/mol. The van der Waals surface area contributed by atoms with Crippen molar-refractivity contribution in [2.24, 2.45) is 0 Å². The van der Waals surface area contributed by atoms with Crippen molar-refractivity contribution in [2.75, 3.05) is 25.1 Å². The van der Waals surface area contributed by atoms with E-state index in [1.165, 1.54) is 20.0 Å². The van der Waals surface area contributed by atoms with Gasteiger partial charge in [0.05, 0.1) is 18.5 Å². The predicted molar refractivity (Wildman–Crippen MR) is 99.7 cm³/mol. The lowest BCUT2D eigenvalue weighted by Gasteiger charge is -2.27. The van der Waals surface area contributed by atoms with E-state index in [-0.39, 0.29) is 5.97 Å². The van der Waals surface area contributed by atoms with Gasteiger partial charge in [-0.25, -0.2) is 0 Å². The summed E-state index contributed by atoms with van der Waals surface area (Å²) in [5.74, 6) is 0.336. The highest BCUT2D eigenvalue weighted by Crippen LogP contribution is 2.42. The van der Waals surface area contributed by atoms with Crippen molar-refractivity contribution in [1.29, 1.82) is 0 Å². The van der Waals surface area contributed by atoms with Crippen LogP contribution in [0.3, 0.4) is 0 Å². The molecule has 1 aliphatic heterocycles. The van der Waals surface area contributed by atoms with E-state index in [1.807, 2.05) is 30.3 Å². The first-order valence-corrected chi connectivity index (χ1v) is 9.31. The summed E-state index contributed by atoms with van der Waals surface area (Å²) < 4.78 is 6.96. The Morgan fingerprint density at radius 3 is 2.81 bits per heavy atom. The fraction of sp³-hybridized carbons (Fsp3) is 0.400. The lowest BCUT2D eigenvalue weighted by atomic mass is 9.79. The number of benzene rings is 1. The lowest BCUT2D eigenvalue weighted by molar-refractivity contribution is -0.146. The molecule has 2 aliphatic rings. The van der Waals surface area contributed by atoms with Crippen LogP contribution in [0.4, 0.5) is 5.69 Å². The Balaban J connectivity index is 1.57. The summed E-state index contributed by atoms with van der Waals surface area (Å²) in [6, 6.07) is 12.0. The molecule has 3 heterocycles. The average molecular weight is 363 g/mol. The van der Waals surface area contributed by atoms with Gasteiger partial charge < -0.3 is 9.64 Å². The van der Waals surface area contributed by atoms with E-state index >= 15 is 0 Å². The molecule has 138 valence electrons. The summed E-state index contributed by atoms with van der Waals surface area (Å²) in [4.78, 5) is 15.0. The number of nitrogens with zero attached hydrogens (tertiary/aromatic N) is 5. The van der Waals surface area contributed by atoms with E-state index in [9.17, 15) is 4.79 Å². The molecule has 2 aromatic heterocycles. The van der Waals surface area contributed by atoms with Gasteiger partial charge in [0.2, 0.25) is 5.65 Å². The van der Waals surface area contributed by atoms with Crippen molar-refractivity contribution < 1.29 is 9.53 Å². The molecule has 0 radical (unpaired) electrons. The second-order valence-electron chi connectivity index (χ2n) is 7.44. The molecule has 1 aromatic carbocycles. The molecule has 0 bridgehead atoms. The number of rotatable bonds is 4. The topological polar surface area (TPSA) is 72.6 Å². The third-order valence-corrected chi connectivity index (χ3v) is 5.78. The predicted octanol–water partition coefficient (Wildman–Crippen LogP) is 2.32. The van der Waals surface area contributed by atoms with Gasteiger partial charge in [0.25, 0.3) is 0 Å². The molecule has 1 unspecified atom stereocenters. The molecule has 0 spiro atoms. The van der Waals surface area contributed by atoms with Gasteiger partial charge in [0.15, 0.2) is 0 Å². The van der Waals surface area contributed by atoms with E-state index < -0.39 is 5.41 Å². The molecule has 27 heavy (non-hydrogen) atoms. The van der Waals surface area contributed by atoms with E-state index in [0.717, 1.165) is 29.1 Å². The van der Waals surface area contributed by atoms with Gasteiger partial charge in [-0.1, -0.05) is 30.3 Å². The van der Waals surface area contributed by atoms with Crippen molar-refractivity contribution in [3.05, 3.63) is 54.0 Å². The van der Waals surface area contributed by atoms with Crippen molar-refractivity contribution in [3.63, 3.8) is 0 Å². The summed E-state index contributed by atoms with van der Waals surface area (Å²) in [7, 11) is 1.46. The monoisotopic (exact) mass is 363 g/mol. The fourth-order valence-electron chi connectivity index (χ4n) is 4.13. The number of carbonyl (C=O) groups excluding carboxylic acids is 1. The summed E-state index contributed by atoms with van der Waals surface area (Å²) in [6.45, 7) is 1.31. The van der Waals surface area contributed by atoms with Crippen LogP contribution in [0.15, 0.2) is 42.7 Å². The first-order valence-electron chi connectivity index (χ1n) is 9.31. The van der Waals surface area contributed by atoms with Crippen LogP contribution in [0.2, 0.25) is 0 Å². The van der Waals surface area contributed by atoms with Crippen molar-refractivity contribution >= 4 is 17.3 Å². The Morgan fingerprint density at radius 1 is 1.26 bits per heavy atom. The number of aromatic nitrogens is 4. The van der Waals surface area contributed by atoms with Crippen LogP contribution in [0.1, 0.15) is 36.4 Å². The third-order valence-electron chi connectivity index (χ3n) is 5.78. The standard InChI is InChI=1S/C20H21N5O2/c1-27-19(26)20(15-5-3-2-4-6-15)9-10-24(12-20)17-11-16(14-7-8-14)23-25-13-21-22-18(17)25/h2-6,11,13-14H,7-10,12H2,1H3. The SMILES string of the molecule is COC(=O)C1(c2ccccc2)CCN(c2cc(C3CC3)nn3cnnc23)C1. The highest BCUT2D eigenvalue weighted by atomic mass is 16.5. The number of hydrogen-bond acceptors (Lipinski definition) is 6. The van der Waals surface area contributed by atoms with Gasteiger partial charge in [0.1, 0.15) is 11.7 Å². The highest BCUT2D eigenvalue weighted by molar-refractivity contribution is 5.86. The van der Waals surface area contributed by atoms with E-state index in [0.29, 0.717) is 18.9 Å². The minimum Gasteiger partial charge on any atom is -0.468 e. The molecule has 1 atom stereocenters. The van der Waals surface area contributed by atoms with Crippen LogP contribution in [0, 0.1) is 0 Å². The third kappa shape index (κ3) is 2.57. The second kappa shape index (κ2) is 6.04. The largest absolute Gasteiger partial charge is 0.468 e. The molecule has 1 saturated carbocycles. The summed E-state index contributed by atoms with van der Waals surface area (Å²) in [5, 5.41) is 12.9. The van der Waals surface area contributed by atoms with E-state index in [4.69, 9.17) is 4.74 Å². The van der Waals surface area contributed by atoms with Gasteiger partial charge in [-0.05, 0) is 30.9 Å². The Morgan fingerprint density at radius 2 is 2.07 bits per heavy atom. The van der Waals surface area contributed by atoms with Crippen molar-refractivity contribution in [2.45, 2.75) is 30.6 Å². The van der Waals surface area contributed by atoms with E-state index in [1.54, 1.807) is 10.8 Å². The first-order chi connectivity index (χ1) is 13.2. The molecule has 1 aliphatic carbocycles. The average Bonchev–Trinajstić information content (AvgIpc) is 3.28. The number of methoxy groups -OCH3 is 1. The number of carbonyl (C=O) groups is 1. The zero-order chi connectivity index (χ0) is 18.4. The molecule has 7 heteroatoms. The van der Waals surface area contributed by atoms with Gasteiger partial charge in [-0.2, -0.15) is 9.61 Å². The van der Waals surface area contributed by atoms with Crippen molar-refractivity contribution in [1.82, 2.24) is 19.8 Å². The molecule has 5 rings (SSSR count). The maximum absolute atomic E-state index is 12.8. The van der Waals surface area contributed by atoms with E-state index in [2.05, 4.69) is 26.3 Å². The van der Waals surface area contributed by atoms with Crippen LogP contribution < -0.4 is 4.90 Å². The zero-order valence-electron chi connectivity index (χ0n) is 15.2. The van der Waals surface area contributed by atoms with Crippen LogP contribution in [0.5, 0.6) is 0 Å². The minimum atomic E-state index is -0.671. The molecule has 1 saturated heterocycles. The Bertz CT molecular complexity index is 998. The molecule has 0 N–H and O–H groups in total. The summed E-state index contributed by atoms with van der Waals surface area (Å²) >= 11 is 0. The number of anilines is 1. The first kappa shape index (κ1) is 16.2. The van der Waals surface area contributed by atoms with Crippen LogP contribution in [0.25, 0.3) is 5.65 Å². The maximum Gasteiger partial charge on any atom is 0.318 e. The molecule has 2 fully saturated rings. The molecular formula is C20H21N5O2. The molecule has 3 aromatic rings. The quantitative estimate of drug-likeness (QED) is 0.663.